The average molecular weight is 370 g/mol. The van der Waals surface area contributed by atoms with E-state index in [0.29, 0.717) is 4.47 Å². The van der Waals surface area contributed by atoms with Crippen LogP contribution in [0, 0.1) is 11.8 Å². The molecule has 1 aliphatic rings. The lowest BCUT2D eigenvalue weighted by atomic mass is 9.96. The average Bonchev–Trinajstić information content (AvgIpc) is 2.84. The Balaban J connectivity index is 2.28. The molecule has 1 aliphatic heterocycles. The second-order valence-corrected chi connectivity index (χ2v) is 5.38. The number of aromatic nitrogens is 2. The van der Waals surface area contributed by atoms with Crippen molar-refractivity contribution < 1.29 is 27.8 Å². The summed E-state index contributed by atoms with van der Waals surface area (Å²) in [6, 6.07) is 0. The summed E-state index contributed by atoms with van der Waals surface area (Å²) in [6.45, 7) is -0.796. The number of hydrogen-bond donors (Lipinski definition) is 1. The van der Waals surface area contributed by atoms with Crippen LogP contribution in [-0.2, 0) is 4.79 Å². The molecule has 10 heteroatoms. The highest BCUT2D eigenvalue weighted by Gasteiger charge is 2.53. The molecule has 0 amide bonds. The largest absolute Gasteiger partial charge is 0.481 e. The summed E-state index contributed by atoms with van der Waals surface area (Å²) in [7, 11) is 1.36. The molecular weight excluding hydrogens is 359 g/mol. The highest BCUT2D eigenvalue weighted by molar-refractivity contribution is 9.10. The topological polar surface area (TPSA) is 75.5 Å². The first kappa shape index (κ1) is 15.8. The van der Waals surface area contributed by atoms with Crippen LogP contribution in [0.3, 0.4) is 0 Å². The van der Waals surface area contributed by atoms with Crippen LogP contribution >= 0.6 is 15.9 Å². The van der Waals surface area contributed by atoms with E-state index in [1.54, 1.807) is 0 Å². The van der Waals surface area contributed by atoms with Gasteiger partial charge >= 0.3 is 12.1 Å². The molecule has 1 aromatic rings. The number of nitrogens with zero attached hydrogens (tertiary/aromatic N) is 3. The maximum absolute atomic E-state index is 12.9. The number of alkyl halides is 3. The van der Waals surface area contributed by atoms with Gasteiger partial charge in [-0.1, -0.05) is 0 Å². The van der Waals surface area contributed by atoms with Crippen LogP contribution in [0.4, 0.5) is 19.1 Å². The van der Waals surface area contributed by atoms with Crippen molar-refractivity contribution in [2.45, 2.75) is 6.18 Å². The number of carbonyl (C=O) groups is 1. The Hall–Kier alpha value is -1.58. The molecule has 1 fully saturated rings. The van der Waals surface area contributed by atoms with Crippen molar-refractivity contribution >= 4 is 27.8 Å². The summed E-state index contributed by atoms with van der Waals surface area (Å²) in [6.07, 6.45) is -3.24. The first-order chi connectivity index (χ1) is 9.74. The van der Waals surface area contributed by atoms with E-state index in [9.17, 15) is 18.0 Å². The summed E-state index contributed by atoms with van der Waals surface area (Å²) in [5.41, 5.74) is 0. The van der Waals surface area contributed by atoms with Crippen molar-refractivity contribution in [1.82, 2.24) is 9.97 Å². The minimum Gasteiger partial charge on any atom is -0.481 e. The van der Waals surface area contributed by atoms with Crippen LogP contribution in [0.2, 0.25) is 0 Å². The van der Waals surface area contributed by atoms with Gasteiger partial charge in [0.05, 0.1) is 29.6 Å². The number of carboxylic acids is 1. The molecule has 0 aliphatic carbocycles. The van der Waals surface area contributed by atoms with Gasteiger partial charge in [-0.05, 0) is 15.9 Å². The lowest BCUT2D eigenvalue weighted by Crippen LogP contribution is -2.33. The van der Waals surface area contributed by atoms with Gasteiger partial charge in [-0.3, -0.25) is 4.79 Å². The second-order valence-electron chi connectivity index (χ2n) is 4.53. The van der Waals surface area contributed by atoms with E-state index >= 15 is 0 Å². The van der Waals surface area contributed by atoms with Gasteiger partial charge in [-0.2, -0.15) is 18.2 Å². The van der Waals surface area contributed by atoms with Crippen molar-refractivity contribution in [3.8, 4) is 5.88 Å². The fraction of sp³-hybridized carbons (Fsp3) is 0.545. The Kier molecular flexibility index (Phi) is 4.26. The molecule has 116 valence electrons. The van der Waals surface area contributed by atoms with E-state index in [1.807, 2.05) is 0 Å². The van der Waals surface area contributed by atoms with E-state index in [1.165, 1.54) is 18.2 Å². The SMILES string of the molecule is COc1nc(N2C[C@@H](C(F)(F)F)[C@H](C(=O)O)C2)ncc1Br. The maximum Gasteiger partial charge on any atom is 0.394 e. The van der Waals surface area contributed by atoms with E-state index in [-0.39, 0.29) is 18.4 Å². The molecule has 2 rings (SSSR count). The molecule has 21 heavy (non-hydrogen) atoms. The number of methoxy groups -OCH3 is 1. The summed E-state index contributed by atoms with van der Waals surface area (Å²) in [5.74, 6) is -4.80. The molecular formula is C11H11BrF3N3O3. The van der Waals surface area contributed by atoms with Gasteiger partial charge in [0.25, 0.3) is 0 Å². The van der Waals surface area contributed by atoms with Crippen molar-refractivity contribution in [1.29, 1.82) is 0 Å². The molecule has 1 aromatic heterocycles. The Labute approximate surface area is 126 Å². The lowest BCUT2D eigenvalue weighted by molar-refractivity contribution is -0.187. The van der Waals surface area contributed by atoms with Gasteiger partial charge < -0.3 is 14.7 Å². The van der Waals surface area contributed by atoms with Crippen LogP contribution < -0.4 is 9.64 Å². The van der Waals surface area contributed by atoms with Crippen LogP contribution in [-0.4, -0.2) is 47.4 Å². The number of anilines is 1. The Morgan fingerprint density at radius 1 is 1.52 bits per heavy atom. The van der Waals surface area contributed by atoms with Crippen LogP contribution in [0.5, 0.6) is 5.88 Å². The zero-order valence-corrected chi connectivity index (χ0v) is 12.3. The normalized spacial score (nSPS) is 22.4. The van der Waals surface area contributed by atoms with Crippen LogP contribution in [0.25, 0.3) is 0 Å². The molecule has 0 unspecified atom stereocenters. The predicted molar refractivity (Wildman–Crippen MR) is 69.2 cm³/mol. The maximum atomic E-state index is 12.9. The third-order valence-electron chi connectivity index (χ3n) is 3.23. The Morgan fingerprint density at radius 2 is 2.19 bits per heavy atom. The minimum atomic E-state index is -4.59. The van der Waals surface area contributed by atoms with Crippen LogP contribution in [0.15, 0.2) is 10.7 Å². The third kappa shape index (κ3) is 3.20. The van der Waals surface area contributed by atoms with E-state index in [4.69, 9.17) is 9.84 Å². The summed E-state index contributed by atoms with van der Waals surface area (Å²) >= 11 is 3.14. The van der Waals surface area contributed by atoms with Crippen molar-refractivity contribution in [2.24, 2.45) is 11.8 Å². The summed E-state index contributed by atoms with van der Waals surface area (Å²) in [5, 5.41) is 8.96. The summed E-state index contributed by atoms with van der Waals surface area (Å²) < 4.78 is 44.1. The molecule has 0 bridgehead atoms. The summed E-state index contributed by atoms with van der Waals surface area (Å²) in [4.78, 5) is 20.1. The smallest absolute Gasteiger partial charge is 0.394 e. The fourth-order valence-electron chi connectivity index (χ4n) is 2.19. The Morgan fingerprint density at radius 3 is 2.67 bits per heavy atom. The van der Waals surface area contributed by atoms with E-state index < -0.39 is 30.5 Å². The molecule has 1 N–H and O–H groups in total. The van der Waals surface area contributed by atoms with E-state index in [2.05, 4.69) is 25.9 Å². The van der Waals surface area contributed by atoms with E-state index in [0.717, 1.165) is 0 Å². The number of hydrogen-bond acceptors (Lipinski definition) is 5. The second kappa shape index (κ2) is 5.66. The van der Waals surface area contributed by atoms with Gasteiger partial charge in [-0.25, -0.2) is 4.98 Å². The third-order valence-corrected chi connectivity index (χ3v) is 3.78. The van der Waals surface area contributed by atoms with Gasteiger partial charge in [-0.15, -0.1) is 0 Å². The van der Waals surface area contributed by atoms with Gasteiger partial charge in [0, 0.05) is 13.1 Å². The first-order valence-electron chi connectivity index (χ1n) is 5.85. The van der Waals surface area contributed by atoms with Gasteiger partial charge in [0.15, 0.2) is 0 Å². The number of aliphatic carboxylic acids is 1. The monoisotopic (exact) mass is 369 g/mol. The number of halogens is 4. The zero-order chi connectivity index (χ0) is 15.8. The standard InChI is InChI=1S/C11H11BrF3N3O3/c1-21-8-7(12)2-16-10(17-8)18-3-5(9(19)20)6(4-18)11(13,14)15/h2,5-6H,3-4H2,1H3,(H,19,20)/t5-,6-/m1/s1. The van der Waals surface area contributed by atoms with Gasteiger partial charge in [0.1, 0.15) is 0 Å². The first-order valence-corrected chi connectivity index (χ1v) is 6.64. The van der Waals surface area contributed by atoms with Crippen LogP contribution in [0.1, 0.15) is 0 Å². The fourth-order valence-corrected chi connectivity index (χ4v) is 2.54. The lowest BCUT2D eigenvalue weighted by Gasteiger charge is -2.18. The van der Waals surface area contributed by atoms with Crippen molar-refractivity contribution in [3.63, 3.8) is 0 Å². The molecule has 0 spiro atoms. The zero-order valence-electron chi connectivity index (χ0n) is 10.8. The minimum absolute atomic E-state index is 0.00745. The molecule has 0 radical (unpaired) electrons. The number of ether oxygens (including phenoxy) is 1. The molecule has 0 aromatic carbocycles. The molecule has 1 saturated heterocycles. The highest BCUT2D eigenvalue weighted by atomic mass is 79.9. The Bertz CT molecular complexity index is 555. The molecule has 0 saturated carbocycles. The molecule has 2 heterocycles. The number of rotatable bonds is 3. The highest BCUT2D eigenvalue weighted by Crippen LogP contribution is 2.39. The van der Waals surface area contributed by atoms with Crippen molar-refractivity contribution in [3.05, 3.63) is 10.7 Å². The molecule has 2 atom stereocenters. The number of carboxylic acid groups (broad SMARTS) is 1. The predicted octanol–water partition coefficient (Wildman–Crippen LogP) is 1.95. The van der Waals surface area contributed by atoms with Crippen molar-refractivity contribution in [2.75, 3.05) is 25.1 Å². The molecule has 6 nitrogen and oxygen atoms in total. The van der Waals surface area contributed by atoms with Gasteiger partial charge in [0.2, 0.25) is 11.8 Å². The quantitative estimate of drug-likeness (QED) is 0.877.